The van der Waals surface area contributed by atoms with Crippen LogP contribution in [0.15, 0.2) is 11.8 Å². The van der Waals surface area contributed by atoms with Gasteiger partial charge in [0, 0.05) is 6.20 Å². The van der Waals surface area contributed by atoms with Crippen molar-refractivity contribution >= 4 is 29.3 Å². The zero-order valence-electron chi connectivity index (χ0n) is 14.7. The number of ether oxygens (including phenoxy) is 1. The lowest BCUT2D eigenvalue weighted by Crippen LogP contribution is -2.31. The number of Topliss-reactive ketones (excluding diaryl/α,β-unsaturated/α-hetero) is 1. The van der Waals surface area contributed by atoms with E-state index in [4.69, 9.17) is 25.2 Å². The molecule has 0 radical (unpaired) electrons. The van der Waals surface area contributed by atoms with E-state index in [9.17, 15) is 23.4 Å². The highest BCUT2D eigenvalue weighted by atomic mass is 31.3. The van der Waals surface area contributed by atoms with Gasteiger partial charge < -0.3 is 34.9 Å². The number of nitrogens with two attached hydrogens (primary N) is 1. The van der Waals surface area contributed by atoms with Gasteiger partial charge in [0.2, 0.25) is 0 Å². The van der Waals surface area contributed by atoms with Gasteiger partial charge in [0.1, 0.15) is 6.23 Å². The maximum atomic E-state index is 11.9. The van der Waals surface area contributed by atoms with Gasteiger partial charge in [-0.3, -0.25) is 9.32 Å². The molecule has 0 aromatic rings. The average molecular weight is 476 g/mol. The summed E-state index contributed by atoms with van der Waals surface area (Å²) in [5, 5.41) is 0. The highest BCUT2D eigenvalue weighted by molar-refractivity contribution is 7.66. The third kappa shape index (κ3) is 8.03. The van der Waals surface area contributed by atoms with Gasteiger partial charge in [-0.2, -0.15) is 8.62 Å². The van der Waals surface area contributed by atoms with Crippen molar-refractivity contribution in [3.8, 4) is 11.8 Å². The molecule has 0 aromatic heterocycles. The van der Waals surface area contributed by atoms with Crippen LogP contribution in [0.1, 0.15) is 12.8 Å². The third-order valence-electron chi connectivity index (χ3n) is 3.54. The molecule has 0 bridgehead atoms. The monoisotopic (exact) mass is 476 g/mol. The van der Waals surface area contributed by atoms with Gasteiger partial charge in [0.25, 0.3) is 0 Å². The molecule has 2 aliphatic rings. The molecule has 2 unspecified atom stereocenters. The van der Waals surface area contributed by atoms with Crippen molar-refractivity contribution < 1.29 is 55.9 Å². The molecule has 29 heavy (non-hydrogen) atoms. The first-order chi connectivity index (χ1) is 13.3. The molecule has 0 spiro atoms. The second kappa shape index (κ2) is 9.49. The van der Waals surface area contributed by atoms with Crippen LogP contribution in [0.25, 0.3) is 0 Å². The van der Waals surface area contributed by atoms with E-state index in [2.05, 4.69) is 25.0 Å². The summed E-state index contributed by atoms with van der Waals surface area (Å²) < 4.78 is 50.9. The van der Waals surface area contributed by atoms with Gasteiger partial charge in [-0.1, -0.05) is 11.8 Å². The summed E-state index contributed by atoms with van der Waals surface area (Å²) in [6, 6.07) is 0. The first kappa shape index (κ1) is 24.4. The Morgan fingerprint density at radius 3 is 2.48 bits per heavy atom. The van der Waals surface area contributed by atoms with Crippen molar-refractivity contribution in [2.75, 3.05) is 19.7 Å². The molecule has 0 amide bonds. The number of ketones is 1. The maximum Gasteiger partial charge on any atom is 0.490 e. The fourth-order valence-corrected chi connectivity index (χ4v) is 5.55. The molecule has 2 rings (SSSR count). The van der Waals surface area contributed by atoms with Crippen molar-refractivity contribution in [2.24, 2.45) is 5.73 Å². The number of phosphoric ester groups is 1. The molecule has 164 valence electrons. The highest BCUT2D eigenvalue weighted by Crippen LogP contribution is 2.66. The van der Waals surface area contributed by atoms with E-state index >= 15 is 0 Å². The van der Waals surface area contributed by atoms with Crippen LogP contribution < -0.4 is 5.73 Å². The Labute approximate surface area is 165 Å². The van der Waals surface area contributed by atoms with E-state index in [1.165, 1.54) is 6.20 Å². The molecule has 1 fully saturated rings. The summed E-state index contributed by atoms with van der Waals surface area (Å²) in [6.45, 7) is -0.388. The van der Waals surface area contributed by atoms with Gasteiger partial charge in [-0.15, -0.1) is 0 Å². The first-order valence-corrected chi connectivity index (χ1v) is 12.5. The van der Waals surface area contributed by atoms with Crippen LogP contribution in [0.4, 0.5) is 0 Å². The van der Waals surface area contributed by atoms with Crippen molar-refractivity contribution in [1.29, 1.82) is 0 Å². The average Bonchev–Trinajstić information content (AvgIpc) is 3.14. The predicted octanol–water partition coefficient (Wildman–Crippen LogP) is -0.435. The SMILES string of the molecule is NCC#CC1=CN([C@H]2CC[C@@H](COP(=O)(O)OP(=O)(O)OP(=O)(O)O)O2)CC1=O. The van der Waals surface area contributed by atoms with E-state index in [1.54, 1.807) is 4.90 Å². The minimum atomic E-state index is -5.57. The lowest BCUT2D eigenvalue weighted by molar-refractivity contribution is -0.117. The standard InChI is InChI=1S/C12H19N2O12P3/c13-5-1-2-9-6-14(7-11(9)15)12-4-3-10(24-12)8-23-28(19,20)26-29(21,22)25-27(16,17)18/h6,10,12H,3-5,7-8,13H2,(H,19,20)(H,21,22)(H2,16,17,18)/t10-,12+/m0/s1. The molecule has 0 aliphatic carbocycles. The summed E-state index contributed by atoms with van der Waals surface area (Å²) in [4.78, 5) is 48.9. The van der Waals surface area contributed by atoms with Crippen LogP contribution in [0.2, 0.25) is 0 Å². The molecule has 17 heteroatoms. The Bertz CT molecular complexity index is 873. The molecule has 6 N–H and O–H groups in total. The van der Waals surface area contributed by atoms with Crippen LogP contribution in [-0.4, -0.2) is 62.3 Å². The Hall–Kier alpha value is -0.900. The van der Waals surface area contributed by atoms with Gasteiger partial charge >= 0.3 is 23.5 Å². The van der Waals surface area contributed by atoms with Crippen molar-refractivity contribution in [3.63, 3.8) is 0 Å². The second-order valence-corrected chi connectivity index (χ2v) is 10.2. The summed E-state index contributed by atoms with van der Waals surface area (Å²) in [5.41, 5.74) is 5.55. The summed E-state index contributed by atoms with van der Waals surface area (Å²) >= 11 is 0. The van der Waals surface area contributed by atoms with Gasteiger partial charge in [-0.05, 0) is 12.8 Å². The molecule has 1 saturated heterocycles. The van der Waals surface area contributed by atoms with Gasteiger partial charge in [0.05, 0.1) is 31.4 Å². The van der Waals surface area contributed by atoms with Crippen molar-refractivity contribution in [3.05, 3.63) is 11.8 Å². The predicted molar refractivity (Wildman–Crippen MR) is 94.3 cm³/mol. The van der Waals surface area contributed by atoms with E-state index < -0.39 is 42.4 Å². The van der Waals surface area contributed by atoms with Crippen LogP contribution >= 0.6 is 23.5 Å². The van der Waals surface area contributed by atoms with E-state index in [1.807, 2.05) is 0 Å². The number of rotatable bonds is 8. The Morgan fingerprint density at radius 1 is 1.17 bits per heavy atom. The number of carbonyl (C=O) groups is 1. The van der Waals surface area contributed by atoms with Crippen LogP contribution in [-0.2, 0) is 36.4 Å². The van der Waals surface area contributed by atoms with E-state index in [0.29, 0.717) is 12.8 Å². The van der Waals surface area contributed by atoms with E-state index in [0.717, 1.165) is 0 Å². The summed E-state index contributed by atoms with van der Waals surface area (Å²) in [6.07, 6.45) is 1.10. The zero-order valence-corrected chi connectivity index (χ0v) is 17.4. The van der Waals surface area contributed by atoms with Crippen molar-refractivity contribution in [2.45, 2.75) is 25.2 Å². The fourth-order valence-electron chi connectivity index (χ4n) is 2.50. The molecule has 4 atom stereocenters. The number of carbonyl (C=O) groups excluding carboxylic acids is 1. The topological polar surface area (TPSA) is 215 Å². The second-order valence-electron chi connectivity index (χ2n) is 5.82. The Kier molecular flexibility index (Phi) is 7.98. The molecule has 0 aromatic carbocycles. The third-order valence-corrected chi connectivity index (χ3v) is 7.34. The number of hydrogen-bond donors (Lipinski definition) is 5. The zero-order chi connectivity index (χ0) is 21.9. The quantitative estimate of drug-likeness (QED) is 0.222. The normalized spacial score (nSPS) is 26.4. The molecule has 2 heterocycles. The number of hydrogen-bond acceptors (Lipinski definition) is 10. The summed E-state index contributed by atoms with van der Waals surface area (Å²) in [7, 11) is -16.2. The highest BCUT2D eigenvalue weighted by Gasteiger charge is 2.41. The number of phosphoric acid groups is 3. The van der Waals surface area contributed by atoms with Crippen LogP contribution in [0, 0.1) is 11.8 Å². The van der Waals surface area contributed by atoms with Crippen LogP contribution in [0.5, 0.6) is 0 Å². The molecule has 0 saturated carbocycles. The molecule has 14 nitrogen and oxygen atoms in total. The largest absolute Gasteiger partial charge is 0.490 e. The lowest BCUT2D eigenvalue weighted by Gasteiger charge is -2.23. The smallest absolute Gasteiger partial charge is 0.353 e. The lowest BCUT2D eigenvalue weighted by atomic mass is 10.2. The maximum absolute atomic E-state index is 11.9. The van der Waals surface area contributed by atoms with Crippen LogP contribution in [0.3, 0.4) is 0 Å². The number of nitrogens with zero attached hydrogens (tertiary/aromatic N) is 1. The Balaban J connectivity index is 1.86. The molecule has 2 aliphatic heterocycles. The van der Waals surface area contributed by atoms with Crippen molar-refractivity contribution in [1.82, 2.24) is 4.90 Å². The van der Waals surface area contributed by atoms with Gasteiger partial charge in [0.15, 0.2) is 5.78 Å². The minimum absolute atomic E-state index is 0.0435. The minimum Gasteiger partial charge on any atom is -0.353 e. The molecular weight excluding hydrogens is 457 g/mol. The first-order valence-electron chi connectivity index (χ1n) is 7.94. The van der Waals surface area contributed by atoms with Gasteiger partial charge in [-0.25, -0.2) is 13.7 Å². The van der Waals surface area contributed by atoms with E-state index in [-0.39, 0.29) is 24.4 Å². The Morgan fingerprint density at radius 2 is 1.86 bits per heavy atom. The molecular formula is C12H19N2O12P3. The summed E-state index contributed by atoms with van der Waals surface area (Å²) in [5.74, 6) is 5.02. The fraction of sp³-hybridized carbons (Fsp3) is 0.583.